The van der Waals surface area contributed by atoms with E-state index in [1.54, 1.807) is 0 Å². The van der Waals surface area contributed by atoms with Gasteiger partial charge in [-0.1, -0.05) is 83.6 Å². The molecule has 0 unspecified atom stereocenters. The van der Waals surface area contributed by atoms with E-state index in [0.717, 1.165) is 6.42 Å². The third kappa shape index (κ3) is 6.67. The molecule has 0 aliphatic heterocycles. The highest BCUT2D eigenvalue weighted by Gasteiger charge is 2.16. The van der Waals surface area contributed by atoms with Gasteiger partial charge in [0.15, 0.2) is 0 Å². The van der Waals surface area contributed by atoms with Crippen molar-refractivity contribution in [2.75, 3.05) is 6.61 Å². The van der Waals surface area contributed by atoms with Gasteiger partial charge in [0.1, 0.15) is 6.61 Å². The van der Waals surface area contributed by atoms with Crippen LogP contribution in [0.2, 0.25) is 0 Å². The van der Waals surface area contributed by atoms with Crippen LogP contribution in [0.3, 0.4) is 0 Å². The monoisotopic (exact) mass is 300 g/mol. The Balaban J connectivity index is 2.72. The standard InChI is InChI=1S/C21H32O/c1-6-8-10-11-12-20(22-17-9-7-2)18-13-15-19(16-14-18)21(3,4)5/h13-16,20H,6,8,10-12,17H2,1-5H3/t20-/m0/s1. The lowest BCUT2D eigenvalue weighted by molar-refractivity contribution is 0.0688. The first kappa shape index (κ1) is 18.8. The Morgan fingerprint density at radius 2 is 1.73 bits per heavy atom. The quantitative estimate of drug-likeness (QED) is 0.420. The van der Waals surface area contributed by atoms with Crippen molar-refractivity contribution >= 4 is 0 Å². The first-order valence-electron chi connectivity index (χ1n) is 8.60. The third-order valence-corrected chi connectivity index (χ3v) is 4.00. The average molecular weight is 300 g/mol. The molecule has 1 rings (SSSR count). The molecule has 0 aliphatic rings. The van der Waals surface area contributed by atoms with Crippen molar-refractivity contribution in [1.29, 1.82) is 0 Å². The van der Waals surface area contributed by atoms with Crippen molar-refractivity contribution in [1.82, 2.24) is 0 Å². The van der Waals surface area contributed by atoms with E-state index < -0.39 is 0 Å². The molecular weight excluding hydrogens is 268 g/mol. The molecular formula is C21H32O. The Morgan fingerprint density at radius 3 is 2.27 bits per heavy atom. The van der Waals surface area contributed by atoms with Crippen LogP contribution in [0.5, 0.6) is 0 Å². The highest BCUT2D eigenvalue weighted by molar-refractivity contribution is 5.28. The van der Waals surface area contributed by atoms with Gasteiger partial charge in [-0.25, -0.2) is 0 Å². The normalized spacial score (nSPS) is 12.6. The van der Waals surface area contributed by atoms with Crippen molar-refractivity contribution in [3.8, 4) is 11.8 Å². The molecule has 0 saturated heterocycles. The molecule has 0 heterocycles. The van der Waals surface area contributed by atoms with E-state index in [1.807, 2.05) is 6.92 Å². The highest BCUT2D eigenvalue weighted by atomic mass is 16.5. The van der Waals surface area contributed by atoms with Crippen LogP contribution < -0.4 is 0 Å². The van der Waals surface area contributed by atoms with Crippen LogP contribution in [0.25, 0.3) is 0 Å². The van der Waals surface area contributed by atoms with E-state index in [9.17, 15) is 0 Å². The largest absolute Gasteiger partial charge is 0.361 e. The summed E-state index contributed by atoms with van der Waals surface area (Å²) in [5.74, 6) is 5.92. The van der Waals surface area contributed by atoms with E-state index in [4.69, 9.17) is 4.74 Å². The van der Waals surface area contributed by atoms with Gasteiger partial charge in [0.05, 0.1) is 6.10 Å². The van der Waals surface area contributed by atoms with Crippen LogP contribution in [0, 0.1) is 11.8 Å². The van der Waals surface area contributed by atoms with Crippen LogP contribution in [0.15, 0.2) is 24.3 Å². The zero-order chi connectivity index (χ0) is 16.4. The number of hydrogen-bond donors (Lipinski definition) is 0. The Bertz CT molecular complexity index is 467. The molecule has 0 aliphatic carbocycles. The molecule has 0 radical (unpaired) electrons. The molecule has 22 heavy (non-hydrogen) atoms. The lowest BCUT2D eigenvalue weighted by Crippen LogP contribution is -2.11. The minimum Gasteiger partial charge on any atom is -0.361 e. The van der Waals surface area contributed by atoms with Crippen LogP contribution in [-0.2, 0) is 10.2 Å². The Labute approximate surface area is 137 Å². The van der Waals surface area contributed by atoms with E-state index in [1.165, 1.54) is 36.8 Å². The summed E-state index contributed by atoms with van der Waals surface area (Å²) in [6.45, 7) is 11.4. The molecule has 1 heteroatoms. The molecule has 0 spiro atoms. The van der Waals surface area contributed by atoms with E-state index >= 15 is 0 Å². The fraction of sp³-hybridized carbons (Fsp3) is 0.619. The fourth-order valence-electron chi connectivity index (χ4n) is 2.51. The third-order valence-electron chi connectivity index (χ3n) is 4.00. The summed E-state index contributed by atoms with van der Waals surface area (Å²) in [6, 6.07) is 8.93. The maximum absolute atomic E-state index is 6.00. The second kappa shape index (κ2) is 9.70. The van der Waals surface area contributed by atoms with Gasteiger partial charge in [-0.3, -0.25) is 0 Å². The lowest BCUT2D eigenvalue weighted by Gasteiger charge is -2.21. The molecule has 1 aromatic carbocycles. The fourth-order valence-corrected chi connectivity index (χ4v) is 2.51. The highest BCUT2D eigenvalue weighted by Crippen LogP contribution is 2.28. The van der Waals surface area contributed by atoms with Gasteiger partial charge in [-0.2, -0.15) is 0 Å². The summed E-state index contributed by atoms with van der Waals surface area (Å²) in [5.41, 5.74) is 2.85. The second-order valence-electron chi connectivity index (χ2n) is 6.95. The summed E-state index contributed by atoms with van der Waals surface area (Å²) in [6.07, 6.45) is 6.35. The van der Waals surface area contributed by atoms with E-state index in [2.05, 4.69) is 63.8 Å². The molecule has 1 aromatic rings. The number of ether oxygens (including phenoxy) is 1. The number of benzene rings is 1. The smallest absolute Gasteiger partial charge is 0.108 e. The van der Waals surface area contributed by atoms with Gasteiger partial charge < -0.3 is 4.74 Å². The predicted octanol–water partition coefficient (Wildman–Crippen LogP) is 6.04. The van der Waals surface area contributed by atoms with Gasteiger partial charge in [0.25, 0.3) is 0 Å². The lowest BCUT2D eigenvalue weighted by atomic mass is 9.86. The number of rotatable bonds is 8. The second-order valence-corrected chi connectivity index (χ2v) is 6.95. The predicted molar refractivity (Wildman–Crippen MR) is 96.0 cm³/mol. The first-order valence-corrected chi connectivity index (χ1v) is 8.60. The average Bonchev–Trinajstić information content (AvgIpc) is 2.49. The maximum Gasteiger partial charge on any atom is 0.108 e. The first-order chi connectivity index (χ1) is 10.5. The molecule has 0 saturated carbocycles. The van der Waals surface area contributed by atoms with Crippen LogP contribution >= 0.6 is 0 Å². The van der Waals surface area contributed by atoms with Crippen molar-refractivity contribution in [2.45, 2.75) is 78.2 Å². The van der Waals surface area contributed by atoms with Crippen LogP contribution in [-0.4, -0.2) is 6.61 Å². The van der Waals surface area contributed by atoms with Crippen LogP contribution in [0.1, 0.15) is 84.0 Å². The molecule has 0 aromatic heterocycles. The summed E-state index contributed by atoms with van der Waals surface area (Å²) in [7, 11) is 0. The topological polar surface area (TPSA) is 9.23 Å². The van der Waals surface area contributed by atoms with Gasteiger partial charge in [0, 0.05) is 0 Å². The Morgan fingerprint density at radius 1 is 1.05 bits per heavy atom. The number of hydrogen-bond acceptors (Lipinski definition) is 1. The SMILES string of the molecule is CC#CCO[C@@H](CCCCCC)c1ccc(C(C)(C)C)cc1. The summed E-state index contributed by atoms with van der Waals surface area (Å²) < 4.78 is 6.00. The van der Waals surface area contributed by atoms with Crippen molar-refractivity contribution in [2.24, 2.45) is 0 Å². The summed E-state index contributed by atoms with van der Waals surface area (Å²) in [5, 5.41) is 0. The molecule has 1 nitrogen and oxygen atoms in total. The van der Waals surface area contributed by atoms with Gasteiger partial charge >= 0.3 is 0 Å². The maximum atomic E-state index is 6.00. The van der Waals surface area contributed by atoms with Crippen molar-refractivity contribution in [3.63, 3.8) is 0 Å². The Hall–Kier alpha value is -1.26. The molecule has 0 bridgehead atoms. The minimum absolute atomic E-state index is 0.173. The van der Waals surface area contributed by atoms with Gasteiger partial charge in [-0.05, 0) is 29.9 Å². The molecule has 122 valence electrons. The summed E-state index contributed by atoms with van der Waals surface area (Å²) in [4.78, 5) is 0. The number of unbranched alkanes of at least 4 members (excludes halogenated alkanes) is 3. The van der Waals surface area contributed by atoms with Crippen molar-refractivity contribution < 1.29 is 4.74 Å². The van der Waals surface area contributed by atoms with Gasteiger partial charge in [0.2, 0.25) is 0 Å². The van der Waals surface area contributed by atoms with Crippen LogP contribution in [0.4, 0.5) is 0 Å². The molecule has 0 N–H and O–H groups in total. The molecule has 0 amide bonds. The van der Waals surface area contributed by atoms with E-state index in [0.29, 0.717) is 6.61 Å². The summed E-state index contributed by atoms with van der Waals surface area (Å²) >= 11 is 0. The molecule has 0 fully saturated rings. The Kier molecular flexibility index (Phi) is 8.28. The zero-order valence-corrected chi connectivity index (χ0v) is 15.0. The minimum atomic E-state index is 0.173. The van der Waals surface area contributed by atoms with Gasteiger partial charge in [-0.15, -0.1) is 5.92 Å². The van der Waals surface area contributed by atoms with Crippen molar-refractivity contribution in [3.05, 3.63) is 35.4 Å². The molecule has 1 atom stereocenters. The zero-order valence-electron chi connectivity index (χ0n) is 15.0. The van der Waals surface area contributed by atoms with E-state index in [-0.39, 0.29) is 11.5 Å².